The van der Waals surface area contributed by atoms with Gasteiger partial charge in [0.05, 0.1) is 22.0 Å². The van der Waals surface area contributed by atoms with Crippen LogP contribution in [-0.4, -0.2) is 35.1 Å². The van der Waals surface area contributed by atoms with Crippen LogP contribution in [0.1, 0.15) is 38.6 Å². The Balaban J connectivity index is 2.83. The number of nitrogens with one attached hydrogen (secondary N) is 1. The molecule has 1 N–H and O–H groups in total. The maximum Gasteiger partial charge on any atom is 0.0847 e. The third-order valence-electron chi connectivity index (χ3n) is 3.48. The van der Waals surface area contributed by atoms with E-state index in [9.17, 15) is 0 Å². The topological polar surface area (TPSA) is 39.1 Å². The smallest absolute Gasteiger partial charge is 0.0847 e. The molecule has 1 aromatic heterocycles. The fourth-order valence-electron chi connectivity index (χ4n) is 2.32. The molecule has 0 amide bonds. The van der Waals surface area contributed by atoms with Gasteiger partial charge in [0.2, 0.25) is 0 Å². The lowest BCUT2D eigenvalue weighted by atomic mass is 9.95. The molecule has 19 heavy (non-hydrogen) atoms. The van der Waals surface area contributed by atoms with Crippen molar-refractivity contribution in [3.63, 3.8) is 0 Å². The Morgan fingerprint density at radius 3 is 2.53 bits per heavy atom. The van der Waals surface area contributed by atoms with E-state index in [0.29, 0.717) is 6.04 Å². The minimum Gasteiger partial charge on any atom is -0.379 e. The molecule has 5 heteroatoms. The van der Waals surface area contributed by atoms with Crippen molar-refractivity contribution in [1.29, 1.82) is 0 Å². The molecule has 0 aliphatic carbocycles. The molecule has 0 aromatic carbocycles. The van der Waals surface area contributed by atoms with Gasteiger partial charge in [-0.25, -0.2) is 0 Å². The standard InChI is InChI=1S/C14H26ClN3O/c1-7-16-11(9-14(3,4)19-6)8-12-13(15)10(2)17-18(12)5/h11,16H,7-9H2,1-6H3. The molecule has 0 spiro atoms. The molecule has 0 aliphatic rings. The highest BCUT2D eigenvalue weighted by molar-refractivity contribution is 6.31. The van der Waals surface area contributed by atoms with Gasteiger partial charge in [-0.05, 0) is 33.7 Å². The molecule has 0 radical (unpaired) electrons. The summed E-state index contributed by atoms with van der Waals surface area (Å²) in [6, 6.07) is 0.326. The monoisotopic (exact) mass is 287 g/mol. The van der Waals surface area contributed by atoms with Gasteiger partial charge in [-0.1, -0.05) is 18.5 Å². The summed E-state index contributed by atoms with van der Waals surface area (Å²) in [6.07, 6.45) is 1.79. The van der Waals surface area contributed by atoms with E-state index in [1.54, 1.807) is 7.11 Å². The Morgan fingerprint density at radius 1 is 1.47 bits per heavy atom. The minimum atomic E-state index is -0.146. The molecule has 0 bridgehead atoms. The van der Waals surface area contributed by atoms with E-state index in [0.717, 1.165) is 35.8 Å². The number of aromatic nitrogens is 2. The number of aryl methyl sites for hydroxylation is 2. The number of ether oxygens (including phenoxy) is 1. The maximum absolute atomic E-state index is 6.32. The zero-order valence-electron chi connectivity index (χ0n) is 12.9. The normalized spacial score (nSPS) is 13.8. The molecule has 4 nitrogen and oxygen atoms in total. The minimum absolute atomic E-state index is 0.146. The van der Waals surface area contributed by atoms with E-state index in [1.807, 2.05) is 18.7 Å². The number of likely N-dealkylation sites (N-methyl/N-ethyl adjacent to an activating group) is 1. The van der Waals surface area contributed by atoms with Crippen LogP contribution >= 0.6 is 11.6 Å². The maximum atomic E-state index is 6.32. The van der Waals surface area contributed by atoms with Gasteiger partial charge in [-0.15, -0.1) is 0 Å². The van der Waals surface area contributed by atoms with E-state index in [4.69, 9.17) is 16.3 Å². The number of methoxy groups -OCH3 is 1. The van der Waals surface area contributed by atoms with Crippen LogP contribution in [0.25, 0.3) is 0 Å². The lowest BCUT2D eigenvalue weighted by molar-refractivity contribution is 0.00713. The molecule has 0 saturated carbocycles. The molecule has 1 atom stereocenters. The van der Waals surface area contributed by atoms with Gasteiger partial charge in [0.15, 0.2) is 0 Å². The first-order valence-corrected chi connectivity index (χ1v) is 7.15. The van der Waals surface area contributed by atoms with Crippen molar-refractivity contribution in [3.05, 3.63) is 16.4 Å². The zero-order chi connectivity index (χ0) is 14.6. The van der Waals surface area contributed by atoms with Crippen LogP contribution < -0.4 is 5.32 Å². The second-order valence-corrected chi connectivity index (χ2v) is 5.97. The summed E-state index contributed by atoms with van der Waals surface area (Å²) >= 11 is 6.32. The third kappa shape index (κ3) is 4.48. The predicted molar refractivity (Wildman–Crippen MR) is 79.8 cm³/mol. The van der Waals surface area contributed by atoms with Crippen LogP contribution in [0.4, 0.5) is 0 Å². The lowest BCUT2D eigenvalue weighted by Crippen LogP contribution is -2.39. The van der Waals surface area contributed by atoms with E-state index >= 15 is 0 Å². The molecule has 1 rings (SSSR count). The Morgan fingerprint density at radius 2 is 2.11 bits per heavy atom. The van der Waals surface area contributed by atoms with Crippen molar-refractivity contribution in [2.75, 3.05) is 13.7 Å². The van der Waals surface area contributed by atoms with Gasteiger partial charge >= 0.3 is 0 Å². The van der Waals surface area contributed by atoms with Gasteiger partial charge in [-0.3, -0.25) is 4.68 Å². The van der Waals surface area contributed by atoms with Crippen LogP contribution in [0.3, 0.4) is 0 Å². The van der Waals surface area contributed by atoms with Crippen LogP contribution in [0, 0.1) is 6.92 Å². The Labute approximate surface area is 121 Å². The summed E-state index contributed by atoms with van der Waals surface area (Å²) < 4.78 is 7.40. The number of hydrogen-bond donors (Lipinski definition) is 1. The van der Waals surface area contributed by atoms with Crippen molar-refractivity contribution in [2.24, 2.45) is 7.05 Å². The lowest BCUT2D eigenvalue weighted by Gasteiger charge is -2.29. The van der Waals surface area contributed by atoms with Crippen molar-refractivity contribution >= 4 is 11.6 Å². The van der Waals surface area contributed by atoms with Crippen LogP contribution in [0.15, 0.2) is 0 Å². The molecule has 0 saturated heterocycles. The molecular weight excluding hydrogens is 262 g/mol. The Bertz CT molecular complexity index is 415. The molecule has 1 aromatic rings. The predicted octanol–water partition coefficient (Wildman–Crippen LogP) is 2.72. The summed E-state index contributed by atoms with van der Waals surface area (Å²) in [5.41, 5.74) is 1.82. The third-order valence-corrected chi connectivity index (χ3v) is 3.98. The average molecular weight is 288 g/mol. The van der Waals surface area contributed by atoms with Crippen molar-refractivity contribution in [3.8, 4) is 0 Å². The number of hydrogen-bond acceptors (Lipinski definition) is 3. The first kappa shape index (κ1) is 16.5. The highest BCUT2D eigenvalue weighted by atomic mass is 35.5. The van der Waals surface area contributed by atoms with E-state index in [2.05, 4.69) is 31.2 Å². The number of rotatable bonds is 7. The average Bonchev–Trinajstić information content (AvgIpc) is 2.56. The van der Waals surface area contributed by atoms with Gasteiger partial charge in [-0.2, -0.15) is 5.10 Å². The summed E-state index contributed by atoms with van der Waals surface area (Å²) in [5.74, 6) is 0. The SMILES string of the molecule is CCNC(Cc1c(Cl)c(C)nn1C)CC(C)(C)OC. The quantitative estimate of drug-likeness (QED) is 0.838. The molecule has 1 heterocycles. The largest absolute Gasteiger partial charge is 0.379 e. The summed E-state index contributed by atoms with van der Waals surface area (Å²) in [4.78, 5) is 0. The summed E-state index contributed by atoms with van der Waals surface area (Å²) in [7, 11) is 3.70. The van der Waals surface area contributed by atoms with Crippen LogP contribution in [-0.2, 0) is 18.2 Å². The van der Waals surface area contributed by atoms with Gasteiger partial charge in [0, 0.05) is 26.6 Å². The highest BCUT2D eigenvalue weighted by Gasteiger charge is 2.24. The second-order valence-electron chi connectivity index (χ2n) is 5.60. The highest BCUT2D eigenvalue weighted by Crippen LogP contribution is 2.24. The Kier molecular flexibility index (Phi) is 5.83. The summed E-state index contributed by atoms with van der Waals surface area (Å²) in [6.45, 7) is 9.19. The molecule has 110 valence electrons. The summed E-state index contributed by atoms with van der Waals surface area (Å²) in [5, 5.41) is 8.65. The van der Waals surface area contributed by atoms with Gasteiger partial charge in [0.25, 0.3) is 0 Å². The molecule has 0 aliphatic heterocycles. The van der Waals surface area contributed by atoms with E-state index in [-0.39, 0.29) is 5.60 Å². The molecular formula is C14H26ClN3O. The first-order chi connectivity index (χ1) is 8.80. The van der Waals surface area contributed by atoms with Crippen molar-refractivity contribution in [1.82, 2.24) is 15.1 Å². The fourth-order valence-corrected chi connectivity index (χ4v) is 2.55. The van der Waals surface area contributed by atoms with Crippen LogP contribution in [0.5, 0.6) is 0 Å². The van der Waals surface area contributed by atoms with Gasteiger partial charge < -0.3 is 10.1 Å². The van der Waals surface area contributed by atoms with Gasteiger partial charge in [0.1, 0.15) is 0 Å². The fraction of sp³-hybridized carbons (Fsp3) is 0.786. The van der Waals surface area contributed by atoms with Crippen LogP contribution in [0.2, 0.25) is 5.02 Å². The number of halogens is 1. The Hall–Kier alpha value is -0.580. The van der Waals surface area contributed by atoms with Crippen molar-refractivity contribution in [2.45, 2.75) is 52.2 Å². The van der Waals surface area contributed by atoms with E-state index in [1.165, 1.54) is 0 Å². The van der Waals surface area contributed by atoms with E-state index < -0.39 is 0 Å². The number of nitrogens with zero attached hydrogens (tertiary/aromatic N) is 2. The van der Waals surface area contributed by atoms with Crippen molar-refractivity contribution < 1.29 is 4.74 Å². The molecule has 1 unspecified atom stereocenters. The second kappa shape index (κ2) is 6.73. The zero-order valence-corrected chi connectivity index (χ0v) is 13.6. The first-order valence-electron chi connectivity index (χ1n) is 6.77. The molecule has 0 fully saturated rings.